The van der Waals surface area contributed by atoms with E-state index in [9.17, 15) is 30.8 Å². The second-order valence-corrected chi connectivity index (χ2v) is 5.63. The first kappa shape index (κ1) is 17.4. The zero-order chi connectivity index (χ0) is 16.3. The van der Waals surface area contributed by atoms with Crippen LogP contribution < -0.4 is 4.72 Å². The second kappa shape index (κ2) is 6.39. The summed E-state index contributed by atoms with van der Waals surface area (Å²) in [6, 6.07) is 2.24. The van der Waals surface area contributed by atoms with Gasteiger partial charge >= 0.3 is 12.1 Å². The highest BCUT2D eigenvalue weighted by Gasteiger charge is 2.29. The molecule has 1 rings (SSSR count). The SMILES string of the molecule is COC(=O)c1ccc(F)cc1S(=O)(=O)NCCC(F)(F)F. The number of rotatable bonds is 5. The van der Waals surface area contributed by atoms with Gasteiger partial charge in [0.1, 0.15) is 5.82 Å². The molecule has 0 saturated heterocycles. The number of methoxy groups -OCH3 is 1. The Balaban J connectivity index is 3.07. The van der Waals surface area contributed by atoms with Crippen molar-refractivity contribution in [2.24, 2.45) is 0 Å². The fourth-order valence-corrected chi connectivity index (χ4v) is 2.64. The molecule has 1 N–H and O–H groups in total. The smallest absolute Gasteiger partial charge is 0.390 e. The van der Waals surface area contributed by atoms with Crippen LogP contribution in [0.5, 0.6) is 0 Å². The molecule has 0 aliphatic carbocycles. The second-order valence-electron chi connectivity index (χ2n) is 3.90. The van der Waals surface area contributed by atoms with E-state index in [1.807, 2.05) is 0 Å². The van der Waals surface area contributed by atoms with Gasteiger partial charge in [0, 0.05) is 6.54 Å². The summed E-state index contributed by atoms with van der Waals surface area (Å²) in [5.41, 5.74) is -0.474. The molecule has 0 amide bonds. The summed E-state index contributed by atoms with van der Waals surface area (Å²) in [5.74, 6) is -2.01. The Bertz CT molecular complexity index is 628. The van der Waals surface area contributed by atoms with Crippen molar-refractivity contribution in [3.8, 4) is 0 Å². The van der Waals surface area contributed by atoms with Gasteiger partial charge in [-0.1, -0.05) is 0 Å². The Morgan fingerprint density at radius 3 is 2.48 bits per heavy atom. The molecule has 0 unspecified atom stereocenters. The maximum absolute atomic E-state index is 13.1. The van der Waals surface area contributed by atoms with Crippen LogP contribution in [0.4, 0.5) is 17.6 Å². The maximum atomic E-state index is 13.1. The standard InChI is InChI=1S/C11H11F4NO4S/c1-20-10(17)8-3-2-7(12)6-9(8)21(18,19)16-5-4-11(13,14)15/h2-3,6,16H,4-5H2,1H3. The number of carbonyl (C=O) groups excluding carboxylic acids is 1. The minimum absolute atomic E-state index is 0.474. The molecule has 21 heavy (non-hydrogen) atoms. The third kappa shape index (κ3) is 4.97. The van der Waals surface area contributed by atoms with E-state index in [1.54, 1.807) is 4.72 Å². The van der Waals surface area contributed by atoms with Gasteiger partial charge in [0.25, 0.3) is 0 Å². The number of benzene rings is 1. The third-order valence-electron chi connectivity index (χ3n) is 2.34. The van der Waals surface area contributed by atoms with Crippen LogP contribution in [0.25, 0.3) is 0 Å². The van der Waals surface area contributed by atoms with E-state index in [-0.39, 0.29) is 0 Å². The topological polar surface area (TPSA) is 72.5 Å². The predicted octanol–water partition coefficient (Wildman–Crippen LogP) is 1.84. The molecule has 0 radical (unpaired) electrons. The summed E-state index contributed by atoms with van der Waals surface area (Å²) in [5, 5.41) is 0. The fourth-order valence-electron chi connectivity index (χ4n) is 1.40. The van der Waals surface area contributed by atoms with Gasteiger partial charge in [-0.3, -0.25) is 0 Å². The molecule has 1 aromatic rings. The first-order chi connectivity index (χ1) is 9.57. The van der Waals surface area contributed by atoms with Crippen LogP contribution in [0.15, 0.2) is 23.1 Å². The number of halogens is 4. The van der Waals surface area contributed by atoms with E-state index in [4.69, 9.17) is 0 Å². The molecule has 0 aromatic heterocycles. The largest absolute Gasteiger partial charge is 0.465 e. The molecule has 0 saturated carbocycles. The summed E-state index contributed by atoms with van der Waals surface area (Å²) in [6.45, 7) is -0.928. The minimum atomic E-state index is -4.55. The molecule has 0 atom stereocenters. The molecular formula is C11H11F4NO4S. The first-order valence-corrected chi connectivity index (χ1v) is 6.99. The van der Waals surface area contributed by atoms with Gasteiger partial charge in [-0.2, -0.15) is 13.2 Å². The van der Waals surface area contributed by atoms with Gasteiger partial charge in [-0.25, -0.2) is 22.3 Å². The van der Waals surface area contributed by atoms with Gasteiger partial charge in [-0.05, 0) is 18.2 Å². The lowest BCUT2D eigenvalue weighted by molar-refractivity contribution is -0.132. The summed E-state index contributed by atoms with van der Waals surface area (Å²) >= 11 is 0. The molecular weight excluding hydrogens is 318 g/mol. The maximum Gasteiger partial charge on any atom is 0.390 e. The van der Waals surface area contributed by atoms with Gasteiger partial charge in [0.15, 0.2) is 0 Å². The number of esters is 1. The Kier molecular flexibility index (Phi) is 5.29. The van der Waals surface area contributed by atoms with Crippen LogP contribution in [-0.2, 0) is 14.8 Å². The van der Waals surface area contributed by atoms with Crippen LogP contribution >= 0.6 is 0 Å². The summed E-state index contributed by atoms with van der Waals surface area (Å²) in [6.07, 6.45) is -5.94. The molecule has 10 heteroatoms. The Hall–Kier alpha value is -1.68. The highest BCUT2D eigenvalue weighted by molar-refractivity contribution is 7.89. The van der Waals surface area contributed by atoms with Crippen molar-refractivity contribution in [2.45, 2.75) is 17.5 Å². The van der Waals surface area contributed by atoms with Crippen molar-refractivity contribution >= 4 is 16.0 Å². The number of sulfonamides is 1. The van der Waals surface area contributed by atoms with E-state index in [1.165, 1.54) is 0 Å². The Morgan fingerprint density at radius 1 is 1.33 bits per heavy atom. The average Bonchev–Trinajstić information content (AvgIpc) is 2.36. The van der Waals surface area contributed by atoms with Gasteiger partial charge < -0.3 is 4.74 Å². The molecule has 0 aliphatic rings. The molecule has 0 spiro atoms. The molecule has 5 nitrogen and oxygen atoms in total. The quantitative estimate of drug-likeness (QED) is 0.661. The fraction of sp³-hybridized carbons (Fsp3) is 0.364. The van der Waals surface area contributed by atoms with E-state index in [0.717, 1.165) is 19.2 Å². The lowest BCUT2D eigenvalue weighted by Gasteiger charge is -2.11. The Morgan fingerprint density at radius 2 is 1.95 bits per heavy atom. The normalized spacial score (nSPS) is 12.2. The molecule has 1 aromatic carbocycles. The first-order valence-electron chi connectivity index (χ1n) is 5.51. The number of alkyl halides is 3. The van der Waals surface area contributed by atoms with Crippen LogP contribution in [0.1, 0.15) is 16.8 Å². The summed E-state index contributed by atoms with van der Waals surface area (Å²) in [7, 11) is -3.50. The van der Waals surface area contributed by atoms with Crippen molar-refractivity contribution in [2.75, 3.05) is 13.7 Å². The summed E-state index contributed by atoms with van der Waals surface area (Å²) in [4.78, 5) is 10.6. The molecule has 118 valence electrons. The van der Waals surface area contributed by atoms with Gasteiger partial charge in [0.2, 0.25) is 10.0 Å². The van der Waals surface area contributed by atoms with Crippen molar-refractivity contribution < 1.29 is 35.5 Å². The number of carbonyl (C=O) groups is 1. The van der Waals surface area contributed by atoms with Gasteiger partial charge in [-0.15, -0.1) is 0 Å². The zero-order valence-corrected chi connectivity index (χ0v) is 11.5. The van der Waals surface area contributed by atoms with E-state index in [2.05, 4.69) is 4.74 Å². The summed E-state index contributed by atoms with van der Waals surface area (Å²) < 4.78 is 78.8. The molecule has 0 fully saturated rings. The number of nitrogens with one attached hydrogen (secondary N) is 1. The highest BCUT2D eigenvalue weighted by atomic mass is 32.2. The molecule has 0 heterocycles. The van der Waals surface area contributed by atoms with Crippen molar-refractivity contribution in [3.63, 3.8) is 0 Å². The lowest BCUT2D eigenvalue weighted by atomic mass is 10.2. The van der Waals surface area contributed by atoms with Gasteiger partial charge in [0.05, 0.1) is 24.0 Å². The van der Waals surface area contributed by atoms with Crippen molar-refractivity contribution in [3.05, 3.63) is 29.6 Å². The highest BCUT2D eigenvalue weighted by Crippen LogP contribution is 2.21. The van der Waals surface area contributed by atoms with Crippen molar-refractivity contribution in [1.82, 2.24) is 4.72 Å². The van der Waals surface area contributed by atoms with E-state index >= 15 is 0 Å². The van der Waals surface area contributed by atoms with Crippen LogP contribution in [0, 0.1) is 5.82 Å². The zero-order valence-electron chi connectivity index (χ0n) is 10.7. The van der Waals surface area contributed by atoms with Crippen LogP contribution in [0.2, 0.25) is 0 Å². The lowest BCUT2D eigenvalue weighted by Crippen LogP contribution is -2.29. The number of hydrogen-bond donors (Lipinski definition) is 1. The number of ether oxygens (including phenoxy) is 1. The Labute approximate surface area is 118 Å². The predicted molar refractivity (Wildman–Crippen MR) is 63.6 cm³/mol. The molecule has 0 aliphatic heterocycles. The average molecular weight is 329 g/mol. The van der Waals surface area contributed by atoms with Crippen LogP contribution in [-0.4, -0.2) is 34.2 Å². The van der Waals surface area contributed by atoms with Crippen LogP contribution in [0.3, 0.4) is 0 Å². The molecule has 0 bridgehead atoms. The van der Waals surface area contributed by atoms with E-state index < -0.39 is 51.4 Å². The number of hydrogen-bond acceptors (Lipinski definition) is 4. The third-order valence-corrected chi connectivity index (χ3v) is 3.84. The minimum Gasteiger partial charge on any atom is -0.465 e. The monoisotopic (exact) mass is 329 g/mol. The van der Waals surface area contributed by atoms with Crippen molar-refractivity contribution in [1.29, 1.82) is 0 Å². The van der Waals surface area contributed by atoms with E-state index in [0.29, 0.717) is 6.07 Å².